The van der Waals surface area contributed by atoms with E-state index in [1.54, 1.807) is 0 Å². The number of hydrogen-bond donors (Lipinski definition) is 1. The van der Waals surface area contributed by atoms with Crippen molar-refractivity contribution >= 4 is 28.9 Å². The number of rotatable bonds is 6. The standard InChI is InChI=1S/C27H29ClN4O2/c28-23-5-6-26-21(18-23)17-22(19-34-26)27(33)30-24-3-1-2-4-25(24)32-15-13-31(14-16-32)12-9-20-7-10-29-11-8-20/h1-8,10-11,18,22H,9,12-17,19H2,(H,30,33). The average Bonchev–Trinajstić information content (AvgIpc) is 2.88. The molecule has 1 aromatic heterocycles. The van der Waals surface area contributed by atoms with Crippen LogP contribution in [0.3, 0.4) is 0 Å². The molecule has 7 heteroatoms. The van der Waals surface area contributed by atoms with Crippen molar-refractivity contribution < 1.29 is 9.53 Å². The van der Waals surface area contributed by atoms with Gasteiger partial charge < -0.3 is 15.0 Å². The predicted octanol–water partition coefficient (Wildman–Crippen LogP) is 4.29. The van der Waals surface area contributed by atoms with Crippen LogP contribution in [0.2, 0.25) is 5.02 Å². The molecule has 2 aliphatic heterocycles. The minimum atomic E-state index is -0.246. The van der Waals surface area contributed by atoms with Crippen LogP contribution in [0, 0.1) is 5.92 Å². The molecule has 34 heavy (non-hydrogen) atoms. The number of pyridine rings is 1. The van der Waals surface area contributed by atoms with E-state index in [9.17, 15) is 4.79 Å². The second kappa shape index (κ2) is 10.5. The monoisotopic (exact) mass is 476 g/mol. The third-order valence-electron chi connectivity index (χ3n) is 6.64. The molecule has 2 aromatic carbocycles. The van der Waals surface area contributed by atoms with Crippen LogP contribution >= 0.6 is 11.6 Å². The molecular formula is C27H29ClN4O2. The fourth-order valence-corrected chi connectivity index (χ4v) is 4.87. The SMILES string of the molecule is O=C(Nc1ccccc1N1CCN(CCc2ccncc2)CC1)C1COc2ccc(Cl)cc2C1. The van der Waals surface area contributed by atoms with Gasteiger partial charge >= 0.3 is 0 Å². The minimum absolute atomic E-state index is 0.0194. The Labute approximate surface area is 205 Å². The Hall–Kier alpha value is -3.09. The third-order valence-corrected chi connectivity index (χ3v) is 6.88. The van der Waals surface area contributed by atoms with Gasteiger partial charge in [0.2, 0.25) is 5.91 Å². The van der Waals surface area contributed by atoms with Gasteiger partial charge in [-0.2, -0.15) is 0 Å². The molecule has 3 aromatic rings. The lowest BCUT2D eigenvalue weighted by Crippen LogP contribution is -2.47. The predicted molar refractivity (Wildman–Crippen MR) is 136 cm³/mol. The number of nitrogens with zero attached hydrogens (tertiary/aromatic N) is 3. The number of amides is 1. The minimum Gasteiger partial charge on any atom is -0.492 e. The summed E-state index contributed by atoms with van der Waals surface area (Å²) in [6.07, 6.45) is 5.37. The first-order valence-electron chi connectivity index (χ1n) is 11.8. The van der Waals surface area contributed by atoms with Gasteiger partial charge in [-0.3, -0.25) is 14.7 Å². The molecule has 0 radical (unpaired) electrons. The number of anilines is 2. The van der Waals surface area contributed by atoms with Gasteiger partial charge in [-0.15, -0.1) is 0 Å². The maximum absolute atomic E-state index is 13.1. The number of benzene rings is 2. The summed E-state index contributed by atoms with van der Waals surface area (Å²) < 4.78 is 5.82. The Morgan fingerprint density at radius 2 is 1.85 bits per heavy atom. The lowest BCUT2D eigenvalue weighted by atomic mass is 9.96. The first-order valence-corrected chi connectivity index (χ1v) is 12.2. The second-order valence-electron chi connectivity index (χ2n) is 8.90. The van der Waals surface area contributed by atoms with Crippen LogP contribution in [-0.2, 0) is 17.6 Å². The van der Waals surface area contributed by atoms with Crippen LogP contribution in [0.5, 0.6) is 5.75 Å². The van der Waals surface area contributed by atoms with Crippen LogP contribution in [0.1, 0.15) is 11.1 Å². The van der Waals surface area contributed by atoms with Gasteiger partial charge in [-0.25, -0.2) is 0 Å². The average molecular weight is 477 g/mol. The van der Waals surface area contributed by atoms with Crippen molar-refractivity contribution in [3.63, 3.8) is 0 Å². The maximum atomic E-state index is 13.1. The van der Waals surface area contributed by atoms with Gasteiger partial charge in [-0.1, -0.05) is 23.7 Å². The highest BCUT2D eigenvalue weighted by Gasteiger charge is 2.27. The van der Waals surface area contributed by atoms with Gasteiger partial charge in [0.1, 0.15) is 12.4 Å². The number of ether oxygens (including phenoxy) is 1. The highest BCUT2D eigenvalue weighted by molar-refractivity contribution is 6.30. The second-order valence-corrected chi connectivity index (χ2v) is 9.34. The Bertz CT molecular complexity index is 1130. The van der Waals surface area contributed by atoms with Gasteiger partial charge in [0.25, 0.3) is 0 Å². The zero-order chi connectivity index (χ0) is 23.3. The summed E-state index contributed by atoms with van der Waals surface area (Å²) in [7, 11) is 0. The van der Waals surface area contributed by atoms with Gasteiger partial charge in [0.15, 0.2) is 0 Å². The van der Waals surface area contributed by atoms with E-state index in [1.807, 2.05) is 48.8 Å². The molecule has 6 nitrogen and oxygen atoms in total. The number of aromatic nitrogens is 1. The van der Waals surface area contributed by atoms with E-state index >= 15 is 0 Å². The zero-order valence-corrected chi connectivity index (χ0v) is 19.9. The van der Waals surface area contributed by atoms with Crippen LogP contribution in [0.15, 0.2) is 67.0 Å². The molecule has 176 valence electrons. The van der Waals surface area contributed by atoms with E-state index in [-0.39, 0.29) is 11.8 Å². The largest absolute Gasteiger partial charge is 0.492 e. The van der Waals surface area contributed by atoms with Crippen LogP contribution in [0.4, 0.5) is 11.4 Å². The summed E-state index contributed by atoms with van der Waals surface area (Å²) in [4.78, 5) is 22.1. The number of para-hydroxylation sites is 2. The number of hydrogen-bond acceptors (Lipinski definition) is 5. The molecule has 1 N–H and O–H groups in total. The molecule has 0 saturated carbocycles. The summed E-state index contributed by atoms with van der Waals surface area (Å²) in [6.45, 7) is 5.29. The van der Waals surface area contributed by atoms with E-state index in [0.717, 1.165) is 61.8 Å². The number of halogens is 1. The number of carbonyl (C=O) groups is 1. The summed E-state index contributed by atoms with van der Waals surface area (Å²) in [5, 5.41) is 3.83. The Morgan fingerprint density at radius 1 is 1.06 bits per heavy atom. The molecular weight excluding hydrogens is 448 g/mol. The normalized spacial score (nSPS) is 18.1. The fourth-order valence-electron chi connectivity index (χ4n) is 4.67. The molecule has 1 amide bonds. The highest BCUT2D eigenvalue weighted by atomic mass is 35.5. The Kier molecular flexibility index (Phi) is 6.97. The third kappa shape index (κ3) is 5.34. The van der Waals surface area contributed by atoms with Crippen LogP contribution in [0.25, 0.3) is 0 Å². The number of piperazine rings is 1. The van der Waals surface area contributed by atoms with E-state index in [0.29, 0.717) is 18.1 Å². The fraction of sp³-hybridized carbons (Fsp3) is 0.333. The van der Waals surface area contributed by atoms with E-state index < -0.39 is 0 Å². The van der Waals surface area contributed by atoms with E-state index in [2.05, 4.69) is 38.3 Å². The van der Waals surface area contributed by atoms with Crippen molar-refractivity contribution in [3.05, 3.63) is 83.1 Å². The van der Waals surface area contributed by atoms with Crippen LogP contribution in [-0.4, -0.2) is 55.1 Å². The lowest BCUT2D eigenvalue weighted by Gasteiger charge is -2.37. The molecule has 1 unspecified atom stereocenters. The molecule has 1 atom stereocenters. The summed E-state index contributed by atoms with van der Waals surface area (Å²) in [5.74, 6) is 0.550. The first kappa shape index (κ1) is 22.7. The number of nitrogens with one attached hydrogen (secondary N) is 1. The van der Waals surface area contributed by atoms with Crippen molar-refractivity contribution in [1.82, 2.24) is 9.88 Å². The van der Waals surface area contributed by atoms with E-state index in [4.69, 9.17) is 16.3 Å². The van der Waals surface area contributed by atoms with E-state index in [1.165, 1.54) is 5.56 Å². The summed E-state index contributed by atoms with van der Waals surface area (Å²) in [5.41, 5.74) is 4.23. The highest BCUT2D eigenvalue weighted by Crippen LogP contribution is 2.32. The molecule has 2 aliphatic rings. The summed E-state index contributed by atoms with van der Waals surface area (Å²) >= 11 is 6.13. The topological polar surface area (TPSA) is 57.7 Å². The molecule has 0 bridgehead atoms. The maximum Gasteiger partial charge on any atom is 0.231 e. The van der Waals surface area contributed by atoms with Crippen molar-refractivity contribution in [2.75, 3.05) is 49.5 Å². The number of carbonyl (C=O) groups excluding carboxylic acids is 1. The quantitative estimate of drug-likeness (QED) is 0.575. The molecule has 5 rings (SSSR count). The molecule has 3 heterocycles. The zero-order valence-electron chi connectivity index (χ0n) is 19.1. The van der Waals surface area contributed by atoms with Crippen molar-refractivity contribution in [1.29, 1.82) is 0 Å². The molecule has 1 fully saturated rings. The molecule has 0 aliphatic carbocycles. The van der Waals surface area contributed by atoms with Gasteiger partial charge in [0.05, 0.1) is 17.3 Å². The van der Waals surface area contributed by atoms with Crippen molar-refractivity contribution in [2.45, 2.75) is 12.8 Å². The van der Waals surface area contributed by atoms with Gasteiger partial charge in [-0.05, 0) is 66.4 Å². The van der Waals surface area contributed by atoms with Gasteiger partial charge in [0, 0.05) is 50.1 Å². The molecule has 1 saturated heterocycles. The molecule has 0 spiro atoms. The lowest BCUT2D eigenvalue weighted by molar-refractivity contribution is -0.121. The number of fused-ring (bicyclic) bond motifs is 1. The Morgan fingerprint density at radius 3 is 2.68 bits per heavy atom. The van der Waals surface area contributed by atoms with Crippen molar-refractivity contribution in [3.8, 4) is 5.75 Å². The smallest absolute Gasteiger partial charge is 0.231 e. The summed E-state index contributed by atoms with van der Waals surface area (Å²) in [6, 6.07) is 17.8. The Balaban J connectivity index is 1.18. The first-order chi connectivity index (χ1) is 16.7. The van der Waals surface area contributed by atoms with Crippen molar-refractivity contribution in [2.24, 2.45) is 5.92 Å². The van der Waals surface area contributed by atoms with Crippen LogP contribution < -0.4 is 15.0 Å².